The van der Waals surface area contributed by atoms with Gasteiger partial charge in [0.1, 0.15) is 25.0 Å². The van der Waals surface area contributed by atoms with Crippen LogP contribution in [0.2, 0.25) is 0 Å². The SMILES string of the molecule is CC(=O)OC[C@@H]1[C@@H](OC(C)=O)[C@H](OC(C)=O)[C@@H](OC(C)=O)[C@@H](CC(=O)C(C)(C)C)N1C(=O)OCc1ccccc1. The zero-order valence-electron chi connectivity index (χ0n) is 23.8. The van der Waals surface area contributed by atoms with Crippen molar-refractivity contribution in [2.75, 3.05) is 6.61 Å². The number of esters is 4. The van der Waals surface area contributed by atoms with Gasteiger partial charge in [-0.05, 0) is 5.56 Å². The van der Waals surface area contributed by atoms with E-state index in [1.165, 1.54) is 0 Å². The van der Waals surface area contributed by atoms with E-state index in [-0.39, 0.29) is 18.8 Å². The van der Waals surface area contributed by atoms with Crippen molar-refractivity contribution in [2.45, 2.75) is 91.9 Å². The number of hydrogen-bond acceptors (Lipinski definition) is 11. The van der Waals surface area contributed by atoms with Crippen molar-refractivity contribution < 1.29 is 52.5 Å². The summed E-state index contributed by atoms with van der Waals surface area (Å²) < 4.78 is 27.3. The maximum absolute atomic E-state index is 13.7. The van der Waals surface area contributed by atoms with Gasteiger partial charge in [0.25, 0.3) is 0 Å². The van der Waals surface area contributed by atoms with E-state index in [1.54, 1.807) is 51.1 Å². The van der Waals surface area contributed by atoms with E-state index in [9.17, 15) is 28.8 Å². The number of amides is 1. The van der Waals surface area contributed by atoms with Gasteiger partial charge < -0.3 is 23.7 Å². The molecular formula is C28H37NO11. The fourth-order valence-electron chi connectivity index (χ4n) is 4.34. The molecule has 0 aliphatic carbocycles. The van der Waals surface area contributed by atoms with Crippen LogP contribution in [0, 0.1) is 5.41 Å². The highest BCUT2D eigenvalue weighted by Crippen LogP contribution is 2.35. The van der Waals surface area contributed by atoms with Crippen molar-refractivity contribution in [3.8, 4) is 0 Å². The van der Waals surface area contributed by atoms with Gasteiger partial charge in [-0.1, -0.05) is 51.1 Å². The van der Waals surface area contributed by atoms with E-state index in [0.29, 0.717) is 5.56 Å². The van der Waals surface area contributed by atoms with Crippen LogP contribution >= 0.6 is 0 Å². The molecule has 2 rings (SSSR count). The van der Waals surface area contributed by atoms with E-state index >= 15 is 0 Å². The predicted octanol–water partition coefficient (Wildman–Crippen LogP) is 2.74. The van der Waals surface area contributed by atoms with Gasteiger partial charge in [-0.25, -0.2) is 4.79 Å². The zero-order chi connectivity index (χ0) is 30.2. The average molecular weight is 564 g/mol. The summed E-state index contributed by atoms with van der Waals surface area (Å²) in [5, 5.41) is 0. The quantitative estimate of drug-likeness (QED) is 0.322. The largest absolute Gasteiger partial charge is 0.464 e. The van der Waals surface area contributed by atoms with Gasteiger partial charge in [0.2, 0.25) is 0 Å². The number of Topliss-reactive ketones (excluding diaryl/α,β-unsaturated/α-hetero) is 1. The Hall–Kier alpha value is -3.96. The second-order valence-corrected chi connectivity index (χ2v) is 10.5. The maximum Gasteiger partial charge on any atom is 0.411 e. The van der Waals surface area contributed by atoms with E-state index in [2.05, 4.69) is 0 Å². The number of nitrogens with zero attached hydrogens (tertiary/aromatic N) is 1. The van der Waals surface area contributed by atoms with E-state index < -0.39 is 72.4 Å². The first-order chi connectivity index (χ1) is 18.6. The Morgan fingerprint density at radius 2 is 1.20 bits per heavy atom. The summed E-state index contributed by atoms with van der Waals surface area (Å²) >= 11 is 0. The number of likely N-dealkylation sites (tertiary alicyclic amines) is 1. The summed E-state index contributed by atoms with van der Waals surface area (Å²) in [4.78, 5) is 76.4. The molecule has 0 radical (unpaired) electrons. The van der Waals surface area contributed by atoms with Crippen molar-refractivity contribution in [1.29, 1.82) is 0 Å². The Balaban J connectivity index is 2.70. The highest BCUT2D eigenvalue weighted by atomic mass is 16.6. The summed E-state index contributed by atoms with van der Waals surface area (Å²) in [7, 11) is 0. The van der Waals surface area contributed by atoms with Crippen molar-refractivity contribution in [2.24, 2.45) is 5.41 Å². The number of piperidine rings is 1. The minimum absolute atomic E-state index is 0.153. The van der Waals surface area contributed by atoms with E-state index in [1.807, 2.05) is 0 Å². The highest BCUT2D eigenvalue weighted by Gasteiger charge is 2.57. The smallest absolute Gasteiger partial charge is 0.411 e. The molecule has 0 aromatic heterocycles. The van der Waals surface area contributed by atoms with Gasteiger partial charge in [-0.2, -0.15) is 0 Å². The molecule has 1 amide bonds. The lowest BCUT2D eigenvalue weighted by Crippen LogP contribution is -2.71. The molecule has 12 nitrogen and oxygen atoms in total. The maximum atomic E-state index is 13.7. The first kappa shape index (κ1) is 32.3. The zero-order valence-corrected chi connectivity index (χ0v) is 23.8. The minimum atomic E-state index is -1.45. The Kier molecular flexibility index (Phi) is 11.2. The van der Waals surface area contributed by atoms with Crippen LogP contribution in [0.1, 0.15) is 60.5 Å². The lowest BCUT2D eigenvalue weighted by molar-refractivity contribution is -0.215. The second-order valence-electron chi connectivity index (χ2n) is 10.5. The van der Waals surface area contributed by atoms with Crippen LogP contribution in [-0.2, 0) is 54.3 Å². The molecule has 1 aliphatic heterocycles. The molecule has 0 spiro atoms. The molecule has 40 heavy (non-hydrogen) atoms. The molecule has 220 valence electrons. The minimum Gasteiger partial charge on any atom is -0.464 e. The Morgan fingerprint density at radius 3 is 1.68 bits per heavy atom. The van der Waals surface area contributed by atoms with Crippen LogP contribution in [0.5, 0.6) is 0 Å². The third-order valence-corrected chi connectivity index (χ3v) is 6.13. The number of carbonyl (C=O) groups is 6. The van der Waals surface area contributed by atoms with E-state index in [4.69, 9.17) is 23.7 Å². The number of ketones is 1. The number of benzene rings is 1. The van der Waals surface area contributed by atoms with Crippen LogP contribution < -0.4 is 0 Å². The first-order valence-electron chi connectivity index (χ1n) is 12.8. The molecule has 12 heteroatoms. The number of rotatable bonds is 9. The van der Waals surface area contributed by atoms with Crippen LogP contribution in [0.4, 0.5) is 4.79 Å². The predicted molar refractivity (Wildman–Crippen MR) is 138 cm³/mol. The third-order valence-electron chi connectivity index (χ3n) is 6.13. The molecule has 1 saturated heterocycles. The highest BCUT2D eigenvalue weighted by molar-refractivity contribution is 5.85. The summed E-state index contributed by atoms with van der Waals surface area (Å²) in [6.07, 6.45) is -5.63. The normalized spacial score (nSPS) is 22.5. The average Bonchev–Trinajstić information content (AvgIpc) is 2.84. The Morgan fingerprint density at radius 1 is 0.700 bits per heavy atom. The van der Waals surface area contributed by atoms with Crippen LogP contribution in [-0.4, -0.2) is 77.7 Å². The molecule has 0 N–H and O–H groups in total. The topological polar surface area (TPSA) is 152 Å². The molecule has 0 bridgehead atoms. The molecule has 1 aromatic carbocycles. The fraction of sp³-hybridized carbons (Fsp3) is 0.571. The van der Waals surface area contributed by atoms with Crippen molar-refractivity contribution in [3.05, 3.63) is 35.9 Å². The molecule has 0 saturated carbocycles. The van der Waals surface area contributed by atoms with Gasteiger partial charge in [-0.3, -0.25) is 28.9 Å². The summed E-state index contributed by atoms with van der Waals surface area (Å²) in [6.45, 7) is 8.84. The summed E-state index contributed by atoms with van der Waals surface area (Å²) in [5.41, 5.74) is -0.201. The standard InChI is InChI=1S/C28H37NO11/c1-16(30)36-15-22-25(39-18(3)32)26(40-19(4)33)24(38-17(2)31)21(13-23(34)28(5,6)7)29(22)27(35)37-14-20-11-9-8-10-12-20/h8-12,21-22,24-26H,13-15H2,1-7H3/t21-,22-,24+,25-,26-/m1/s1. The number of ether oxygens (including phenoxy) is 5. The van der Waals surface area contributed by atoms with Crippen LogP contribution in [0.15, 0.2) is 30.3 Å². The summed E-state index contributed by atoms with van der Waals surface area (Å²) in [6, 6.07) is 6.27. The van der Waals surface area contributed by atoms with Gasteiger partial charge in [0, 0.05) is 39.5 Å². The lowest BCUT2D eigenvalue weighted by atomic mass is 9.80. The van der Waals surface area contributed by atoms with Crippen LogP contribution in [0.3, 0.4) is 0 Å². The van der Waals surface area contributed by atoms with Crippen molar-refractivity contribution >= 4 is 35.8 Å². The number of carbonyl (C=O) groups excluding carboxylic acids is 6. The molecule has 1 aliphatic rings. The molecule has 0 unspecified atom stereocenters. The Labute approximate surface area is 233 Å². The Bertz CT molecular complexity index is 1100. The third kappa shape index (κ3) is 9.06. The first-order valence-corrected chi connectivity index (χ1v) is 12.8. The fourth-order valence-corrected chi connectivity index (χ4v) is 4.34. The van der Waals surface area contributed by atoms with E-state index in [0.717, 1.165) is 32.6 Å². The molecular weight excluding hydrogens is 526 g/mol. The monoisotopic (exact) mass is 563 g/mol. The second kappa shape index (κ2) is 13.9. The molecule has 1 heterocycles. The number of hydrogen-bond donors (Lipinski definition) is 0. The van der Waals surface area contributed by atoms with Crippen molar-refractivity contribution in [3.63, 3.8) is 0 Å². The van der Waals surface area contributed by atoms with Gasteiger partial charge >= 0.3 is 30.0 Å². The van der Waals surface area contributed by atoms with Crippen molar-refractivity contribution in [1.82, 2.24) is 4.90 Å². The molecule has 5 atom stereocenters. The molecule has 1 aromatic rings. The van der Waals surface area contributed by atoms with Gasteiger partial charge in [0.15, 0.2) is 18.3 Å². The lowest BCUT2D eigenvalue weighted by Gasteiger charge is -2.50. The summed E-state index contributed by atoms with van der Waals surface area (Å²) in [5.74, 6) is -3.42. The molecule has 1 fully saturated rings. The van der Waals surface area contributed by atoms with Crippen LogP contribution in [0.25, 0.3) is 0 Å². The van der Waals surface area contributed by atoms with Gasteiger partial charge in [-0.15, -0.1) is 0 Å². The van der Waals surface area contributed by atoms with Gasteiger partial charge in [0.05, 0.1) is 6.04 Å².